The molecule has 1 aromatic carbocycles. The van der Waals surface area contributed by atoms with Crippen molar-refractivity contribution in [2.24, 2.45) is 5.16 Å². The number of alkyl halides is 2. The molecule has 0 unspecified atom stereocenters. The molecule has 0 fully saturated rings. The van der Waals surface area contributed by atoms with Crippen LogP contribution in [0.3, 0.4) is 0 Å². The summed E-state index contributed by atoms with van der Waals surface area (Å²) in [6.45, 7) is -2.99. The van der Waals surface area contributed by atoms with Gasteiger partial charge in [-0.1, -0.05) is 5.16 Å². The summed E-state index contributed by atoms with van der Waals surface area (Å²) >= 11 is 0. The average Bonchev–Trinajstić information content (AvgIpc) is 2.09. The van der Waals surface area contributed by atoms with Crippen LogP contribution in [0.1, 0.15) is 5.56 Å². The third kappa shape index (κ3) is 2.65. The van der Waals surface area contributed by atoms with Crippen LogP contribution in [0.25, 0.3) is 0 Å². The molecule has 3 nitrogen and oxygen atoms in total. The van der Waals surface area contributed by atoms with Gasteiger partial charge in [0, 0.05) is 11.6 Å². The molecule has 0 bridgehead atoms. The van der Waals surface area contributed by atoms with Gasteiger partial charge in [0.15, 0.2) is 0 Å². The molecular weight excluding hydrogens is 199 g/mol. The number of hydrogen-bond donors (Lipinski definition) is 1. The number of ether oxygens (including phenoxy) is 1. The van der Waals surface area contributed by atoms with Crippen LogP contribution in [0, 0.1) is 5.82 Å². The quantitative estimate of drug-likeness (QED) is 0.467. The van der Waals surface area contributed by atoms with Crippen LogP contribution < -0.4 is 4.74 Å². The zero-order chi connectivity index (χ0) is 10.6. The Morgan fingerprint density at radius 3 is 2.64 bits per heavy atom. The summed E-state index contributed by atoms with van der Waals surface area (Å²) in [5.74, 6) is -1.09. The van der Waals surface area contributed by atoms with Gasteiger partial charge < -0.3 is 9.94 Å². The van der Waals surface area contributed by atoms with E-state index in [0.29, 0.717) is 0 Å². The number of rotatable bonds is 3. The maximum Gasteiger partial charge on any atom is 0.387 e. The van der Waals surface area contributed by atoms with Gasteiger partial charge >= 0.3 is 6.61 Å². The van der Waals surface area contributed by atoms with E-state index < -0.39 is 12.4 Å². The van der Waals surface area contributed by atoms with Crippen molar-refractivity contribution in [1.29, 1.82) is 0 Å². The monoisotopic (exact) mass is 205 g/mol. The lowest BCUT2D eigenvalue weighted by Gasteiger charge is -2.04. The second kappa shape index (κ2) is 4.50. The van der Waals surface area contributed by atoms with Crippen molar-refractivity contribution in [3.63, 3.8) is 0 Å². The molecule has 0 saturated heterocycles. The number of benzene rings is 1. The second-order valence-corrected chi connectivity index (χ2v) is 2.31. The first-order chi connectivity index (χ1) is 6.63. The zero-order valence-electron chi connectivity index (χ0n) is 6.82. The Bertz CT molecular complexity index is 341. The van der Waals surface area contributed by atoms with Crippen molar-refractivity contribution >= 4 is 6.21 Å². The highest BCUT2D eigenvalue weighted by Gasteiger charge is 2.07. The zero-order valence-corrected chi connectivity index (χ0v) is 6.82. The molecule has 1 N–H and O–H groups in total. The molecule has 0 spiro atoms. The standard InChI is InChI=1S/C8H6F3NO2/c9-7-3-6(14-8(10)11)2-1-5(7)4-12-13/h1-4,8,13H/b12-4+. The maximum absolute atomic E-state index is 13.0. The first-order valence-electron chi connectivity index (χ1n) is 3.55. The second-order valence-electron chi connectivity index (χ2n) is 2.31. The van der Waals surface area contributed by atoms with Gasteiger partial charge in [0.2, 0.25) is 0 Å². The highest BCUT2D eigenvalue weighted by atomic mass is 19.3. The van der Waals surface area contributed by atoms with E-state index in [1.54, 1.807) is 0 Å². The van der Waals surface area contributed by atoms with Crippen molar-refractivity contribution < 1.29 is 23.1 Å². The Morgan fingerprint density at radius 2 is 2.14 bits per heavy atom. The third-order valence-electron chi connectivity index (χ3n) is 1.39. The number of nitrogens with zero attached hydrogens (tertiary/aromatic N) is 1. The predicted octanol–water partition coefficient (Wildman–Crippen LogP) is 2.24. The molecular formula is C8H6F3NO2. The molecule has 1 aromatic rings. The van der Waals surface area contributed by atoms with E-state index in [9.17, 15) is 13.2 Å². The van der Waals surface area contributed by atoms with Crippen molar-refractivity contribution in [2.75, 3.05) is 0 Å². The fraction of sp³-hybridized carbons (Fsp3) is 0.125. The van der Waals surface area contributed by atoms with E-state index in [-0.39, 0.29) is 11.3 Å². The van der Waals surface area contributed by atoms with Crippen molar-refractivity contribution in [2.45, 2.75) is 6.61 Å². The average molecular weight is 205 g/mol. The minimum atomic E-state index is -2.99. The molecule has 76 valence electrons. The molecule has 0 radical (unpaired) electrons. The van der Waals surface area contributed by atoms with Crippen LogP contribution in [0.5, 0.6) is 5.75 Å². The fourth-order valence-corrected chi connectivity index (χ4v) is 0.851. The molecule has 0 heterocycles. The van der Waals surface area contributed by atoms with Crippen LogP contribution in [-0.2, 0) is 0 Å². The summed E-state index contributed by atoms with van der Waals surface area (Å²) in [5.41, 5.74) is -0.0193. The summed E-state index contributed by atoms with van der Waals surface area (Å²) in [5, 5.41) is 10.7. The molecule has 14 heavy (non-hydrogen) atoms. The SMILES string of the molecule is O/N=C/c1ccc(OC(F)F)cc1F. The van der Waals surface area contributed by atoms with Gasteiger partial charge in [0.1, 0.15) is 11.6 Å². The van der Waals surface area contributed by atoms with Crippen molar-refractivity contribution in [3.8, 4) is 5.75 Å². The van der Waals surface area contributed by atoms with Gasteiger partial charge in [0.05, 0.1) is 6.21 Å². The first kappa shape index (κ1) is 10.4. The van der Waals surface area contributed by atoms with Gasteiger partial charge in [-0.25, -0.2) is 4.39 Å². The van der Waals surface area contributed by atoms with Gasteiger partial charge in [-0.3, -0.25) is 0 Å². The third-order valence-corrected chi connectivity index (χ3v) is 1.39. The summed E-state index contributed by atoms with van der Waals surface area (Å²) in [4.78, 5) is 0. The Morgan fingerprint density at radius 1 is 1.43 bits per heavy atom. The molecule has 0 saturated carbocycles. The van der Waals surface area contributed by atoms with Gasteiger partial charge in [0.25, 0.3) is 0 Å². The lowest BCUT2D eigenvalue weighted by atomic mass is 10.2. The Balaban J connectivity index is 2.88. The van der Waals surface area contributed by atoms with Gasteiger partial charge in [-0.2, -0.15) is 8.78 Å². The highest BCUT2D eigenvalue weighted by Crippen LogP contribution is 2.17. The normalized spacial score (nSPS) is 11.1. The summed E-state index contributed by atoms with van der Waals surface area (Å²) in [6.07, 6.45) is 0.849. The van der Waals surface area contributed by atoms with Gasteiger partial charge in [-0.15, -0.1) is 0 Å². The summed E-state index contributed by atoms with van der Waals surface area (Å²) in [6, 6.07) is 3.09. The summed E-state index contributed by atoms with van der Waals surface area (Å²) in [7, 11) is 0. The topological polar surface area (TPSA) is 41.8 Å². The maximum atomic E-state index is 13.0. The molecule has 0 aromatic heterocycles. The predicted molar refractivity (Wildman–Crippen MR) is 42.4 cm³/mol. The van der Waals surface area contributed by atoms with E-state index >= 15 is 0 Å². The van der Waals surface area contributed by atoms with Crippen LogP contribution >= 0.6 is 0 Å². The van der Waals surface area contributed by atoms with Crippen LogP contribution in [0.4, 0.5) is 13.2 Å². The molecule has 0 aliphatic heterocycles. The van der Waals surface area contributed by atoms with E-state index in [0.717, 1.165) is 24.4 Å². The molecule has 6 heteroatoms. The lowest BCUT2D eigenvalue weighted by Crippen LogP contribution is -2.02. The Labute approximate surface area is 77.4 Å². The Hall–Kier alpha value is -1.72. The largest absolute Gasteiger partial charge is 0.435 e. The first-order valence-corrected chi connectivity index (χ1v) is 3.55. The van der Waals surface area contributed by atoms with E-state index in [1.165, 1.54) is 0 Å². The van der Waals surface area contributed by atoms with Gasteiger partial charge in [-0.05, 0) is 12.1 Å². The van der Waals surface area contributed by atoms with Crippen LogP contribution in [0.2, 0.25) is 0 Å². The highest BCUT2D eigenvalue weighted by molar-refractivity contribution is 5.79. The fourth-order valence-electron chi connectivity index (χ4n) is 0.851. The smallest absolute Gasteiger partial charge is 0.387 e. The molecule has 0 aliphatic rings. The molecule has 0 aliphatic carbocycles. The Kier molecular flexibility index (Phi) is 3.33. The molecule has 1 rings (SSSR count). The summed E-state index contributed by atoms with van der Waals surface area (Å²) < 4.78 is 40.3. The van der Waals surface area contributed by atoms with E-state index in [2.05, 4.69) is 9.89 Å². The minimum Gasteiger partial charge on any atom is -0.435 e. The molecule has 0 amide bonds. The van der Waals surface area contributed by atoms with E-state index in [4.69, 9.17) is 5.21 Å². The van der Waals surface area contributed by atoms with Crippen LogP contribution in [0.15, 0.2) is 23.4 Å². The van der Waals surface area contributed by atoms with Crippen molar-refractivity contribution in [1.82, 2.24) is 0 Å². The number of oxime groups is 1. The van der Waals surface area contributed by atoms with Crippen molar-refractivity contribution in [3.05, 3.63) is 29.6 Å². The number of hydrogen-bond acceptors (Lipinski definition) is 3. The van der Waals surface area contributed by atoms with Crippen LogP contribution in [-0.4, -0.2) is 18.0 Å². The number of halogens is 3. The minimum absolute atomic E-state index is 0.0193. The van der Waals surface area contributed by atoms with E-state index in [1.807, 2.05) is 0 Å². The molecule has 0 atom stereocenters. The lowest BCUT2D eigenvalue weighted by molar-refractivity contribution is -0.0499.